The molecular formula is C16H27N3O3S2. The van der Waals surface area contributed by atoms with Crippen molar-refractivity contribution in [3.05, 3.63) is 11.4 Å². The summed E-state index contributed by atoms with van der Waals surface area (Å²) < 4.78 is 25.2. The number of aromatic nitrogens is 2. The van der Waals surface area contributed by atoms with Crippen LogP contribution in [-0.2, 0) is 21.2 Å². The van der Waals surface area contributed by atoms with E-state index < -0.39 is 9.84 Å². The molecule has 0 spiro atoms. The summed E-state index contributed by atoms with van der Waals surface area (Å²) in [5.41, 5.74) is 2.10. The fourth-order valence-corrected chi connectivity index (χ4v) is 5.43. The van der Waals surface area contributed by atoms with Crippen molar-refractivity contribution in [2.24, 2.45) is 5.92 Å². The van der Waals surface area contributed by atoms with Crippen LogP contribution in [-0.4, -0.2) is 46.7 Å². The number of nitrogens with one attached hydrogen (secondary N) is 1. The first kappa shape index (κ1) is 19.3. The first-order valence-electron chi connectivity index (χ1n) is 8.30. The Labute approximate surface area is 148 Å². The number of amides is 1. The summed E-state index contributed by atoms with van der Waals surface area (Å²) in [6.07, 6.45) is 0.506. The molecule has 0 bridgehead atoms. The molecule has 2 heterocycles. The van der Waals surface area contributed by atoms with Crippen LogP contribution in [0.25, 0.3) is 0 Å². The number of sulfone groups is 1. The molecule has 136 valence electrons. The lowest BCUT2D eigenvalue weighted by molar-refractivity contribution is -0.120. The summed E-state index contributed by atoms with van der Waals surface area (Å²) >= 11 is 1.43. The summed E-state index contributed by atoms with van der Waals surface area (Å²) in [4.78, 5) is 17.0. The van der Waals surface area contributed by atoms with Crippen molar-refractivity contribution >= 4 is 27.5 Å². The Morgan fingerprint density at radius 3 is 2.58 bits per heavy atom. The maximum atomic E-state index is 12.4. The standard InChI is InChI=1S/C16H27N3O3S2/c1-10(2)8-19-12(4)11(3)17-16(19)23-13(5)15(20)18-14-6-7-24(21,22)9-14/h10,13-14H,6-9H2,1-5H3,(H,18,20)/t13-,14+/m0/s1. The maximum absolute atomic E-state index is 12.4. The molecule has 1 fully saturated rings. The predicted octanol–water partition coefficient (Wildman–Crippen LogP) is 1.94. The predicted molar refractivity (Wildman–Crippen MR) is 97.1 cm³/mol. The average molecular weight is 374 g/mol. The Bertz CT molecular complexity index is 710. The summed E-state index contributed by atoms with van der Waals surface area (Å²) in [6.45, 7) is 11.0. The van der Waals surface area contributed by atoms with Crippen LogP contribution in [0.3, 0.4) is 0 Å². The van der Waals surface area contributed by atoms with Gasteiger partial charge in [0, 0.05) is 18.3 Å². The number of hydrogen-bond donors (Lipinski definition) is 1. The van der Waals surface area contributed by atoms with E-state index in [-0.39, 0.29) is 28.7 Å². The van der Waals surface area contributed by atoms with Gasteiger partial charge < -0.3 is 9.88 Å². The molecule has 0 radical (unpaired) electrons. The molecule has 24 heavy (non-hydrogen) atoms. The third-order valence-electron chi connectivity index (χ3n) is 4.20. The molecule has 1 aliphatic rings. The van der Waals surface area contributed by atoms with E-state index in [0.717, 1.165) is 23.1 Å². The monoisotopic (exact) mass is 373 g/mol. The first-order chi connectivity index (χ1) is 11.1. The summed E-state index contributed by atoms with van der Waals surface area (Å²) in [5, 5.41) is 3.39. The van der Waals surface area contributed by atoms with E-state index in [1.807, 2.05) is 20.8 Å². The van der Waals surface area contributed by atoms with Gasteiger partial charge in [-0.25, -0.2) is 13.4 Å². The second-order valence-corrected chi connectivity index (χ2v) is 10.5. The molecular weight excluding hydrogens is 346 g/mol. The van der Waals surface area contributed by atoms with Gasteiger partial charge in [0.25, 0.3) is 0 Å². The van der Waals surface area contributed by atoms with Crippen molar-refractivity contribution in [2.75, 3.05) is 11.5 Å². The minimum atomic E-state index is -2.99. The van der Waals surface area contributed by atoms with Crippen molar-refractivity contribution in [1.82, 2.24) is 14.9 Å². The van der Waals surface area contributed by atoms with Crippen LogP contribution in [0.1, 0.15) is 38.6 Å². The molecule has 2 atom stereocenters. The highest BCUT2D eigenvalue weighted by Gasteiger charge is 2.30. The largest absolute Gasteiger partial charge is 0.351 e. The van der Waals surface area contributed by atoms with Crippen molar-refractivity contribution in [2.45, 2.75) is 64.0 Å². The summed E-state index contributed by atoms with van der Waals surface area (Å²) in [5.74, 6) is 0.577. The van der Waals surface area contributed by atoms with Gasteiger partial charge in [-0.15, -0.1) is 0 Å². The van der Waals surface area contributed by atoms with Crippen molar-refractivity contribution in [3.63, 3.8) is 0 Å². The quantitative estimate of drug-likeness (QED) is 0.771. The Balaban J connectivity index is 2.02. The van der Waals surface area contributed by atoms with Gasteiger partial charge in [0.1, 0.15) is 0 Å². The minimum absolute atomic E-state index is 0.0519. The van der Waals surface area contributed by atoms with Crippen LogP contribution in [0.5, 0.6) is 0 Å². The van der Waals surface area contributed by atoms with E-state index in [0.29, 0.717) is 12.3 Å². The number of rotatable bonds is 6. The molecule has 1 amide bonds. The average Bonchev–Trinajstić information content (AvgIpc) is 2.92. The van der Waals surface area contributed by atoms with E-state index >= 15 is 0 Å². The zero-order chi connectivity index (χ0) is 18.1. The van der Waals surface area contributed by atoms with Gasteiger partial charge in [0.05, 0.1) is 22.4 Å². The topological polar surface area (TPSA) is 81.1 Å². The van der Waals surface area contributed by atoms with Gasteiger partial charge >= 0.3 is 0 Å². The molecule has 1 aliphatic heterocycles. The first-order valence-corrected chi connectivity index (χ1v) is 11.0. The van der Waals surface area contributed by atoms with E-state index in [9.17, 15) is 13.2 Å². The highest BCUT2D eigenvalue weighted by molar-refractivity contribution is 8.00. The highest BCUT2D eigenvalue weighted by Crippen LogP contribution is 2.26. The van der Waals surface area contributed by atoms with E-state index in [4.69, 9.17) is 0 Å². The third-order valence-corrected chi connectivity index (χ3v) is 7.06. The van der Waals surface area contributed by atoms with E-state index in [1.165, 1.54) is 11.8 Å². The molecule has 0 aliphatic carbocycles. The van der Waals surface area contributed by atoms with Gasteiger partial charge in [-0.3, -0.25) is 4.79 Å². The zero-order valence-electron chi connectivity index (χ0n) is 15.0. The molecule has 0 aromatic carbocycles. The number of imidazole rings is 1. The number of carbonyl (C=O) groups excluding carboxylic acids is 1. The molecule has 1 N–H and O–H groups in total. The zero-order valence-corrected chi connectivity index (χ0v) is 16.6. The number of carbonyl (C=O) groups is 1. The molecule has 8 heteroatoms. The molecule has 1 aromatic heterocycles. The van der Waals surface area contributed by atoms with Gasteiger partial charge in [-0.05, 0) is 33.1 Å². The van der Waals surface area contributed by atoms with Crippen LogP contribution < -0.4 is 5.32 Å². The summed E-state index contributed by atoms with van der Waals surface area (Å²) in [6, 6.07) is -0.260. The van der Waals surface area contributed by atoms with Crippen molar-refractivity contribution < 1.29 is 13.2 Å². The van der Waals surface area contributed by atoms with Crippen molar-refractivity contribution in [1.29, 1.82) is 0 Å². The van der Waals surface area contributed by atoms with Gasteiger partial charge in [0.15, 0.2) is 15.0 Å². The number of thioether (sulfide) groups is 1. The van der Waals surface area contributed by atoms with Crippen LogP contribution in [0.4, 0.5) is 0 Å². The van der Waals surface area contributed by atoms with Gasteiger partial charge in [-0.2, -0.15) is 0 Å². The number of hydrogen-bond acceptors (Lipinski definition) is 5. The second-order valence-electron chi connectivity index (χ2n) is 6.94. The number of nitrogens with zero attached hydrogens (tertiary/aromatic N) is 2. The molecule has 0 unspecified atom stereocenters. The lowest BCUT2D eigenvalue weighted by Gasteiger charge is -2.17. The Hall–Kier alpha value is -1.02. The van der Waals surface area contributed by atoms with Crippen molar-refractivity contribution in [3.8, 4) is 0 Å². The Morgan fingerprint density at radius 1 is 1.38 bits per heavy atom. The van der Waals surface area contributed by atoms with Crippen LogP contribution in [0.2, 0.25) is 0 Å². The molecule has 1 aromatic rings. The van der Waals surface area contributed by atoms with Crippen LogP contribution in [0.15, 0.2) is 5.16 Å². The molecule has 1 saturated heterocycles. The smallest absolute Gasteiger partial charge is 0.233 e. The van der Waals surface area contributed by atoms with Crippen LogP contribution >= 0.6 is 11.8 Å². The normalized spacial score (nSPS) is 21.2. The number of aryl methyl sites for hydroxylation is 1. The highest BCUT2D eigenvalue weighted by atomic mass is 32.2. The van der Waals surface area contributed by atoms with Crippen LogP contribution in [0, 0.1) is 19.8 Å². The van der Waals surface area contributed by atoms with E-state index in [2.05, 4.69) is 28.7 Å². The molecule has 2 rings (SSSR count). The SMILES string of the molecule is Cc1nc(S[C@@H](C)C(=O)N[C@@H]2CCS(=O)(=O)C2)n(CC(C)C)c1C. The lowest BCUT2D eigenvalue weighted by Crippen LogP contribution is -2.40. The second kappa shape index (κ2) is 7.47. The Kier molecular flexibility index (Phi) is 6.01. The Morgan fingerprint density at radius 2 is 2.04 bits per heavy atom. The lowest BCUT2D eigenvalue weighted by atomic mass is 10.2. The maximum Gasteiger partial charge on any atom is 0.233 e. The van der Waals surface area contributed by atoms with E-state index in [1.54, 1.807) is 0 Å². The van der Waals surface area contributed by atoms with Gasteiger partial charge in [0.2, 0.25) is 5.91 Å². The fourth-order valence-electron chi connectivity index (χ4n) is 2.73. The summed E-state index contributed by atoms with van der Waals surface area (Å²) in [7, 11) is -2.99. The fraction of sp³-hybridized carbons (Fsp3) is 0.750. The molecule has 6 nitrogen and oxygen atoms in total. The third kappa shape index (κ3) is 4.75. The minimum Gasteiger partial charge on any atom is -0.351 e. The molecule has 0 saturated carbocycles. The van der Waals surface area contributed by atoms with Gasteiger partial charge in [-0.1, -0.05) is 25.6 Å².